The highest BCUT2D eigenvalue weighted by Gasteiger charge is 2.41. The maximum atomic E-state index is 11.8. The SMILES string of the molecule is CCOC(=O)C(C)(/C=C\C(C)C)C(=O)OCC. The Labute approximate surface area is 103 Å². The molecule has 0 aliphatic heterocycles. The third-order valence-electron chi connectivity index (χ3n) is 2.21. The lowest BCUT2D eigenvalue weighted by molar-refractivity contribution is -0.166. The van der Waals surface area contributed by atoms with E-state index in [1.165, 1.54) is 6.92 Å². The van der Waals surface area contributed by atoms with Crippen LogP contribution >= 0.6 is 0 Å². The first-order valence-electron chi connectivity index (χ1n) is 5.92. The lowest BCUT2D eigenvalue weighted by Crippen LogP contribution is -2.37. The Hall–Kier alpha value is -1.32. The molecule has 98 valence electrons. The Morgan fingerprint density at radius 2 is 1.53 bits per heavy atom. The van der Waals surface area contributed by atoms with Crippen LogP contribution in [0.4, 0.5) is 0 Å². The number of rotatable bonds is 6. The van der Waals surface area contributed by atoms with Crippen molar-refractivity contribution in [1.82, 2.24) is 0 Å². The molecule has 0 N–H and O–H groups in total. The number of allylic oxidation sites excluding steroid dienone is 1. The third kappa shape index (κ3) is 4.59. The highest BCUT2D eigenvalue weighted by molar-refractivity contribution is 6.01. The van der Waals surface area contributed by atoms with Gasteiger partial charge in [0, 0.05) is 0 Å². The largest absolute Gasteiger partial charge is 0.465 e. The first-order chi connectivity index (χ1) is 7.88. The summed E-state index contributed by atoms with van der Waals surface area (Å²) in [6.45, 7) is 9.33. The highest BCUT2D eigenvalue weighted by Crippen LogP contribution is 2.24. The second kappa shape index (κ2) is 7.09. The van der Waals surface area contributed by atoms with Gasteiger partial charge in [-0.3, -0.25) is 9.59 Å². The van der Waals surface area contributed by atoms with Gasteiger partial charge in [0.15, 0.2) is 5.41 Å². The monoisotopic (exact) mass is 242 g/mol. The maximum Gasteiger partial charge on any atom is 0.327 e. The van der Waals surface area contributed by atoms with Gasteiger partial charge in [0.2, 0.25) is 0 Å². The van der Waals surface area contributed by atoms with Crippen LogP contribution in [0.3, 0.4) is 0 Å². The van der Waals surface area contributed by atoms with Crippen LogP contribution in [-0.2, 0) is 19.1 Å². The van der Waals surface area contributed by atoms with Gasteiger partial charge in [0.25, 0.3) is 0 Å². The van der Waals surface area contributed by atoms with E-state index >= 15 is 0 Å². The fourth-order valence-electron chi connectivity index (χ4n) is 1.17. The first-order valence-corrected chi connectivity index (χ1v) is 5.92. The lowest BCUT2D eigenvalue weighted by atomic mass is 9.89. The minimum absolute atomic E-state index is 0.239. The van der Waals surface area contributed by atoms with Gasteiger partial charge in [-0.25, -0.2) is 0 Å². The number of hydrogen-bond acceptors (Lipinski definition) is 4. The van der Waals surface area contributed by atoms with Crippen LogP contribution in [0.15, 0.2) is 12.2 Å². The fourth-order valence-corrected chi connectivity index (χ4v) is 1.17. The Bertz CT molecular complexity index is 274. The second-order valence-corrected chi connectivity index (χ2v) is 4.25. The fraction of sp³-hybridized carbons (Fsp3) is 0.692. The molecule has 0 aromatic rings. The zero-order chi connectivity index (χ0) is 13.5. The second-order valence-electron chi connectivity index (χ2n) is 4.25. The molecule has 0 rings (SSSR count). The molecular formula is C13H22O4. The van der Waals surface area contributed by atoms with Crippen molar-refractivity contribution in [3.8, 4) is 0 Å². The van der Waals surface area contributed by atoms with Gasteiger partial charge in [-0.05, 0) is 26.7 Å². The van der Waals surface area contributed by atoms with E-state index in [2.05, 4.69) is 0 Å². The van der Waals surface area contributed by atoms with Gasteiger partial charge < -0.3 is 9.47 Å². The lowest BCUT2D eigenvalue weighted by Gasteiger charge is -2.21. The normalized spacial score (nSPS) is 11.9. The van der Waals surface area contributed by atoms with Gasteiger partial charge in [-0.15, -0.1) is 0 Å². The van der Waals surface area contributed by atoms with E-state index in [4.69, 9.17) is 9.47 Å². The number of carbonyl (C=O) groups excluding carboxylic acids is 2. The molecule has 0 heterocycles. The average molecular weight is 242 g/mol. The summed E-state index contributed by atoms with van der Waals surface area (Å²) in [6, 6.07) is 0. The summed E-state index contributed by atoms with van der Waals surface area (Å²) in [5.41, 5.74) is -1.35. The zero-order valence-electron chi connectivity index (χ0n) is 11.3. The molecule has 0 radical (unpaired) electrons. The average Bonchev–Trinajstić information content (AvgIpc) is 2.26. The minimum atomic E-state index is -1.35. The Morgan fingerprint density at radius 1 is 1.12 bits per heavy atom. The molecule has 17 heavy (non-hydrogen) atoms. The van der Waals surface area contributed by atoms with Gasteiger partial charge in [0.1, 0.15) is 0 Å². The molecule has 0 saturated heterocycles. The van der Waals surface area contributed by atoms with Crippen molar-refractivity contribution in [3.63, 3.8) is 0 Å². The van der Waals surface area contributed by atoms with Crippen molar-refractivity contribution in [2.75, 3.05) is 13.2 Å². The molecule has 0 unspecified atom stereocenters. The highest BCUT2D eigenvalue weighted by atomic mass is 16.6. The van der Waals surface area contributed by atoms with Crippen molar-refractivity contribution in [1.29, 1.82) is 0 Å². The molecule has 4 nitrogen and oxygen atoms in total. The van der Waals surface area contributed by atoms with Crippen LogP contribution in [0, 0.1) is 11.3 Å². The van der Waals surface area contributed by atoms with E-state index in [0.29, 0.717) is 0 Å². The summed E-state index contributed by atoms with van der Waals surface area (Å²) in [5, 5.41) is 0. The standard InChI is InChI=1S/C13H22O4/c1-6-16-11(14)13(5,9-8-10(3)4)12(15)17-7-2/h8-10H,6-7H2,1-5H3/b9-8-. The number of hydrogen-bond donors (Lipinski definition) is 0. The van der Waals surface area contributed by atoms with E-state index < -0.39 is 17.4 Å². The molecule has 0 spiro atoms. The van der Waals surface area contributed by atoms with Crippen LogP contribution in [0.1, 0.15) is 34.6 Å². The summed E-state index contributed by atoms with van der Waals surface area (Å²) >= 11 is 0. The van der Waals surface area contributed by atoms with E-state index in [9.17, 15) is 9.59 Å². The quantitative estimate of drug-likeness (QED) is 0.407. The molecule has 0 aliphatic carbocycles. The zero-order valence-corrected chi connectivity index (χ0v) is 11.3. The molecule has 0 aromatic heterocycles. The Kier molecular flexibility index (Phi) is 6.54. The Balaban J connectivity index is 5.05. The van der Waals surface area contributed by atoms with Gasteiger partial charge >= 0.3 is 11.9 Å². The first kappa shape index (κ1) is 15.7. The summed E-state index contributed by atoms with van der Waals surface area (Å²) in [7, 11) is 0. The molecule has 0 fully saturated rings. The third-order valence-corrected chi connectivity index (χ3v) is 2.21. The maximum absolute atomic E-state index is 11.8. The van der Waals surface area contributed by atoms with E-state index in [1.54, 1.807) is 26.0 Å². The predicted molar refractivity (Wildman–Crippen MR) is 65.4 cm³/mol. The molecule has 0 saturated carbocycles. The van der Waals surface area contributed by atoms with Crippen LogP contribution in [0.5, 0.6) is 0 Å². The van der Waals surface area contributed by atoms with Gasteiger partial charge in [-0.1, -0.05) is 26.0 Å². The topological polar surface area (TPSA) is 52.6 Å². The van der Waals surface area contributed by atoms with Crippen molar-refractivity contribution in [2.24, 2.45) is 11.3 Å². The van der Waals surface area contributed by atoms with Crippen LogP contribution < -0.4 is 0 Å². The molecule has 0 bridgehead atoms. The molecule has 4 heteroatoms. The van der Waals surface area contributed by atoms with Crippen molar-refractivity contribution < 1.29 is 19.1 Å². The Morgan fingerprint density at radius 3 is 1.82 bits per heavy atom. The summed E-state index contributed by atoms with van der Waals surface area (Å²) in [4.78, 5) is 23.6. The van der Waals surface area contributed by atoms with E-state index in [0.717, 1.165) is 0 Å². The van der Waals surface area contributed by atoms with Crippen LogP contribution in [-0.4, -0.2) is 25.2 Å². The van der Waals surface area contributed by atoms with E-state index in [-0.39, 0.29) is 19.1 Å². The van der Waals surface area contributed by atoms with Gasteiger partial charge in [0.05, 0.1) is 13.2 Å². The van der Waals surface area contributed by atoms with Gasteiger partial charge in [-0.2, -0.15) is 0 Å². The number of esters is 2. The van der Waals surface area contributed by atoms with Crippen molar-refractivity contribution in [3.05, 3.63) is 12.2 Å². The van der Waals surface area contributed by atoms with Crippen molar-refractivity contribution in [2.45, 2.75) is 34.6 Å². The predicted octanol–water partition coefficient (Wildman–Crippen LogP) is 2.33. The molecule has 0 aromatic carbocycles. The molecular weight excluding hydrogens is 220 g/mol. The number of carbonyl (C=O) groups is 2. The smallest absolute Gasteiger partial charge is 0.327 e. The molecule has 0 amide bonds. The van der Waals surface area contributed by atoms with Crippen LogP contribution in [0.25, 0.3) is 0 Å². The summed E-state index contributed by atoms with van der Waals surface area (Å²) < 4.78 is 9.83. The van der Waals surface area contributed by atoms with Crippen LogP contribution in [0.2, 0.25) is 0 Å². The van der Waals surface area contributed by atoms with E-state index in [1.807, 2.05) is 13.8 Å². The minimum Gasteiger partial charge on any atom is -0.465 e. The molecule has 0 aliphatic rings. The van der Waals surface area contributed by atoms with Crippen molar-refractivity contribution >= 4 is 11.9 Å². The number of ether oxygens (including phenoxy) is 2. The summed E-state index contributed by atoms with van der Waals surface area (Å²) in [5.74, 6) is -0.899. The molecule has 0 atom stereocenters. The summed E-state index contributed by atoms with van der Waals surface area (Å²) in [6.07, 6.45) is 3.36.